The molecule has 0 heterocycles. The fourth-order valence-electron chi connectivity index (χ4n) is 0.477. The average molecular weight is 144 g/mol. The Morgan fingerprint density at radius 1 is 1.30 bits per heavy atom. The molecule has 0 radical (unpaired) electrons. The number of hydrogen-bond donors (Lipinski definition) is 0. The number of allylic oxidation sites excluding steroid dienone is 1. The van der Waals surface area contributed by atoms with Gasteiger partial charge in [-0.15, -0.1) is 0 Å². The van der Waals surface area contributed by atoms with E-state index in [0.29, 0.717) is 13.2 Å². The van der Waals surface area contributed by atoms with Crippen molar-refractivity contribution in [1.29, 1.82) is 0 Å². The van der Waals surface area contributed by atoms with Gasteiger partial charge in [-0.25, -0.2) is 0 Å². The maximum absolute atomic E-state index is 5.11. The molecule has 0 aliphatic rings. The second-order valence-corrected chi connectivity index (χ2v) is 2.26. The summed E-state index contributed by atoms with van der Waals surface area (Å²) in [4.78, 5) is 0. The summed E-state index contributed by atoms with van der Waals surface area (Å²) in [5, 5.41) is 0. The van der Waals surface area contributed by atoms with Crippen LogP contribution in [0.2, 0.25) is 0 Å². The first-order valence-corrected chi connectivity index (χ1v) is 3.60. The lowest BCUT2D eigenvalue weighted by Crippen LogP contribution is -2.00. The standard InChI is InChI=1S/C8H16O2/c1-4-9-5-6-10-7-8(2)3/h7H,4-6H2,1-3H3. The SMILES string of the molecule is CCOCCOC=C(C)C. The average Bonchev–Trinajstić information content (AvgIpc) is 1.87. The topological polar surface area (TPSA) is 18.5 Å². The predicted molar refractivity (Wildman–Crippen MR) is 41.9 cm³/mol. The minimum Gasteiger partial charge on any atom is -0.499 e. The van der Waals surface area contributed by atoms with Gasteiger partial charge in [0.2, 0.25) is 0 Å². The van der Waals surface area contributed by atoms with Crippen LogP contribution >= 0.6 is 0 Å². The van der Waals surface area contributed by atoms with E-state index in [-0.39, 0.29) is 0 Å². The van der Waals surface area contributed by atoms with Crippen molar-refractivity contribution in [2.45, 2.75) is 20.8 Å². The van der Waals surface area contributed by atoms with Crippen molar-refractivity contribution in [3.63, 3.8) is 0 Å². The van der Waals surface area contributed by atoms with Crippen LogP contribution in [0.3, 0.4) is 0 Å². The molecular weight excluding hydrogens is 128 g/mol. The van der Waals surface area contributed by atoms with E-state index < -0.39 is 0 Å². The van der Waals surface area contributed by atoms with Crippen LogP contribution in [0.15, 0.2) is 11.8 Å². The van der Waals surface area contributed by atoms with E-state index in [9.17, 15) is 0 Å². The van der Waals surface area contributed by atoms with E-state index in [1.54, 1.807) is 6.26 Å². The molecule has 0 atom stereocenters. The minimum atomic E-state index is 0.652. The van der Waals surface area contributed by atoms with Crippen LogP contribution in [-0.4, -0.2) is 19.8 Å². The van der Waals surface area contributed by atoms with Crippen LogP contribution in [0, 0.1) is 0 Å². The van der Waals surface area contributed by atoms with E-state index in [0.717, 1.165) is 6.61 Å². The normalized spacial score (nSPS) is 9.10. The molecule has 0 saturated carbocycles. The molecule has 10 heavy (non-hydrogen) atoms. The summed E-state index contributed by atoms with van der Waals surface area (Å²) in [6.07, 6.45) is 1.75. The molecule has 0 N–H and O–H groups in total. The van der Waals surface area contributed by atoms with Gasteiger partial charge in [0.25, 0.3) is 0 Å². The van der Waals surface area contributed by atoms with Gasteiger partial charge in [0, 0.05) is 6.61 Å². The minimum absolute atomic E-state index is 0.652. The quantitative estimate of drug-likeness (QED) is 0.434. The Bertz CT molecular complexity index is 93.4. The molecule has 0 aromatic carbocycles. The highest BCUT2D eigenvalue weighted by Gasteiger charge is 1.82. The fraction of sp³-hybridized carbons (Fsp3) is 0.750. The number of rotatable bonds is 5. The molecule has 0 unspecified atom stereocenters. The van der Waals surface area contributed by atoms with Crippen molar-refractivity contribution in [3.8, 4) is 0 Å². The zero-order chi connectivity index (χ0) is 7.82. The lowest BCUT2D eigenvalue weighted by Gasteiger charge is -2.00. The number of ether oxygens (including phenoxy) is 2. The summed E-state index contributed by atoms with van der Waals surface area (Å²) in [5.74, 6) is 0. The zero-order valence-corrected chi connectivity index (χ0v) is 7.02. The summed E-state index contributed by atoms with van der Waals surface area (Å²) < 4.78 is 10.2. The molecule has 0 saturated heterocycles. The molecule has 0 aromatic rings. The molecular formula is C8H16O2. The Morgan fingerprint density at radius 3 is 2.50 bits per heavy atom. The van der Waals surface area contributed by atoms with Crippen LogP contribution in [0.5, 0.6) is 0 Å². The monoisotopic (exact) mass is 144 g/mol. The van der Waals surface area contributed by atoms with Gasteiger partial charge in [0.05, 0.1) is 12.9 Å². The number of hydrogen-bond acceptors (Lipinski definition) is 2. The van der Waals surface area contributed by atoms with Gasteiger partial charge in [-0.2, -0.15) is 0 Å². The van der Waals surface area contributed by atoms with Gasteiger partial charge in [-0.1, -0.05) is 0 Å². The molecule has 0 fully saturated rings. The van der Waals surface area contributed by atoms with Crippen LogP contribution in [0.4, 0.5) is 0 Å². The van der Waals surface area contributed by atoms with Gasteiger partial charge < -0.3 is 9.47 Å². The van der Waals surface area contributed by atoms with E-state index in [1.165, 1.54) is 5.57 Å². The molecule has 0 rings (SSSR count). The first-order valence-electron chi connectivity index (χ1n) is 3.60. The van der Waals surface area contributed by atoms with Crippen molar-refractivity contribution >= 4 is 0 Å². The summed E-state index contributed by atoms with van der Waals surface area (Å²) in [6.45, 7) is 8.07. The van der Waals surface area contributed by atoms with Crippen molar-refractivity contribution in [2.24, 2.45) is 0 Å². The van der Waals surface area contributed by atoms with Crippen LogP contribution < -0.4 is 0 Å². The first kappa shape index (κ1) is 9.50. The highest BCUT2D eigenvalue weighted by Crippen LogP contribution is 1.88. The second-order valence-electron chi connectivity index (χ2n) is 2.26. The third kappa shape index (κ3) is 7.50. The van der Waals surface area contributed by atoms with Crippen molar-refractivity contribution in [1.82, 2.24) is 0 Å². The Balaban J connectivity index is 2.98. The largest absolute Gasteiger partial charge is 0.499 e. The highest BCUT2D eigenvalue weighted by atomic mass is 16.5. The molecule has 0 aliphatic heterocycles. The Kier molecular flexibility index (Phi) is 6.29. The van der Waals surface area contributed by atoms with Gasteiger partial charge >= 0.3 is 0 Å². The van der Waals surface area contributed by atoms with Gasteiger partial charge in [0.15, 0.2) is 0 Å². The van der Waals surface area contributed by atoms with Crippen molar-refractivity contribution in [3.05, 3.63) is 11.8 Å². The van der Waals surface area contributed by atoms with Crippen LogP contribution in [0.25, 0.3) is 0 Å². The summed E-state index contributed by atoms with van der Waals surface area (Å²) in [7, 11) is 0. The maximum atomic E-state index is 5.11. The summed E-state index contributed by atoms with van der Waals surface area (Å²) in [5.41, 5.74) is 1.18. The molecule has 0 amide bonds. The Morgan fingerprint density at radius 2 is 2.00 bits per heavy atom. The van der Waals surface area contributed by atoms with Crippen LogP contribution in [0.1, 0.15) is 20.8 Å². The lowest BCUT2D eigenvalue weighted by molar-refractivity contribution is 0.0927. The van der Waals surface area contributed by atoms with Crippen molar-refractivity contribution in [2.75, 3.05) is 19.8 Å². The highest BCUT2D eigenvalue weighted by molar-refractivity contribution is 4.86. The first-order chi connectivity index (χ1) is 4.77. The fourth-order valence-corrected chi connectivity index (χ4v) is 0.477. The van der Waals surface area contributed by atoms with E-state index >= 15 is 0 Å². The van der Waals surface area contributed by atoms with Gasteiger partial charge in [-0.05, 0) is 26.3 Å². The molecule has 0 spiro atoms. The molecule has 2 nitrogen and oxygen atoms in total. The predicted octanol–water partition coefficient (Wildman–Crippen LogP) is 1.96. The van der Waals surface area contributed by atoms with Crippen LogP contribution in [-0.2, 0) is 9.47 Å². The zero-order valence-electron chi connectivity index (χ0n) is 7.02. The van der Waals surface area contributed by atoms with E-state index in [1.807, 2.05) is 20.8 Å². The van der Waals surface area contributed by atoms with Crippen molar-refractivity contribution < 1.29 is 9.47 Å². The van der Waals surface area contributed by atoms with E-state index in [2.05, 4.69) is 0 Å². The smallest absolute Gasteiger partial charge is 0.111 e. The third-order valence-corrected chi connectivity index (χ3v) is 0.869. The molecule has 0 bridgehead atoms. The van der Waals surface area contributed by atoms with Gasteiger partial charge in [-0.3, -0.25) is 0 Å². The third-order valence-electron chi connectivity index (χ3n) is 0.869. The molecule has 0 aliphatic carbocycles. The lowest BCUT2D eigenvalue weighted by atomic mass is 10.4. The molecule has 2 heteroatoms. The summed E-state index contributed by atoms with van der Waals surface area (Å²) in [6, 6.07) is 0. The molecule has 0 aromatic heterocycles. The molecule has 60 valence electrons. The Hall–Kier alpha value is -0.500. The Labute approximate surface area is 62.8 Å². The van der Waals surface area contributed by atoms with Gasteiger partial charge in [0.1, 0.15) is 6.61 Å². The summed E-state index contributed by atoms with van der Waals surface area (Å²) >= 11 is 0. The van der Waals surface area contributed by atoms with E-state index in [4.69, 9.17) is 9.47 Å². The maximum Gasteiger partial charge on any atom is 0.111 e. The second kappa shape index (κ2) is 6.62.